The van der Waals surface area contributed by atoms with Crippen LogP contribution in [-0.4, -0.2) is 16.3 Å². The van der Waals surface area contributed by atoms with E-state index in [1.54, 1.807) is 0 Å². The van der Waals surface area contributed by atoms with Crippen molar-refractivity contribution in [3.63, 3.8) is 0 Å². The standard InChI is InChI=1S/C13H23N3/c1-3-14-13(11-7-5-6-8-11)12-9-10-15-16(12)4-2/h9-11,13-14H,3-8H2,1-2H3. The molecule has 3 heteroatoms. The van der Waals surface area contributed by atoms with E-state index >= 15 is 0 Å². The van der Waals surface area contributed by atoms with Gasteiger partial charge in [-0.3, -0.25) is 4.68 Å². The van der Waals surface area contributed by atoms with Gasteiger partial charge in [0.15, 0.2) is 0 Å². The van der Waals surface area contributed by atoms with E-state index in [0.717, 1.165) is 19.0 Å². The molecule has 0 spiro atoms. The van der Waals surface area contributed by atoms with Crippen LogP contribution in [0.5, 0.6) is 0 Å². The van der Waals surface area contributed by atoms with Gasteiger partial charge in [-0.15, -0.1) is 0 Å². The molecule has 1 fully saturated rings. The summed E-state index contributed by atoms with van der Waals surface area (Å²) in [5, 5.41) is 8.03. The van der Waals surface area contributed by atoms with Gasteiger partial charge in [0.05, 0.1) is 11.7 Å². The van der Waals surface area contributed by atoms with Crippen molar-refractivity contribution in [3.05, 3.63) is 18.0 Å². The van der Waals surface area contributed by atoms with Gasteiger partial charge >= 0.3 is 0 Å². The lowest BCUT2D eigenvalue weighted by atomic mass is 9.95. The van der Waals surface area contributed by atoms with Crippen LogP contribution in [0.25, 0.3) is 0 Å². The fraction of sp³-hybridized carbons (Fsp3) is 0.769. The normalized spacial score (nSPS) is 19.1. The molecule has 90 valence electrons. The molecule has 1 aliphatic carbocycles. The first kappa shape index (κ1) is 11.6. The van der Waals surface area contributed by atoms with E-state index in [1.807, 2.05) is 6.20 Å². The highest BCUT2D eigenvalue weighted by Crippen LogP contribution is 2.35. The van der Waals surface area contributed by atoms with Crippen molar-refractivity contribution in [2.45, 2.75) is 52.1 Å². The van der Waals surface area contributed by atoms with Crippen LogP contribution in [-0.2, 0) is 6.54 Å². The van der Waals surface area contributed by atoms with Gasteiger partial charge in [0.2, 0.25) is 0 Å². The predicted molar refractivity (Wildman–Crippen MR) is 66.3 cm³/mol. The lowest BCUT2D eigenvalue weighted by Crippen LogP contribution is -2.29. The minimum absolute atomic E-state index is 0.509. The Morgan fingerprint density at radius 3 is 2.81 bits per heavy atom. The van der Waals surface area contributed by atoms with Crippen molar-refractivity contribution in [2.75, 3.05) is 6.54 Å². The fourth-order valence-electron chi connectivity index (χ4n) is 2.89. The van der Waals surface area contributed by atoms with Gasteiger partial charge in [-0.2, -0.15) is 5.10 Å². The van der Waals surface area contributed by atoms with Crippen LogP contribution in [0.15, 0.2) is 12.3 Å². The van der Waals surface area contributed by atoms with Crippen LogP contribution in [0.1, 0.15) is 51.3 Å². The Balaban J connectivity index is 2.17. The third-order valence-corrected chi connectivity index (χ3v) is 3.66. The third kappa shape index (κ3) is 2.29. The lowest BCUT2D eigenvalue weighted by Gasteiger charge is -2.25. The van der Waals surface area contributed by atoms with E-state index in [9.17, 15) is 0 Å². The highest BCUT2D eigenvalue weighted by Gasteiger charge is 2.27. The zero-order valence-electron chi connectivity index (χ0n) is 10.4. The summed E-state index contributed by atoms with van der Waals surface area (Å²) in [5.41, 5.74) is 1.37. The topological polar surface area (TPSA) is 29.9 Å². The minimum atomic E-state index is 0.509. The van der Waals surface area contributed by atoms with Crippen molar-refractivity contribution < 1.29 is 0 Å². The molecule has 0 amide bonds. The first-order valence-corrected chi connectivity index (χ1v) is 6.61. The third-order valence-electron chi connectivity index (χ3n) is 3.66. The summed E-state index contributed by atoms with van der Waals surface area (Å²) < 4.78 is 2.13. The molecule has 1 aromatic rings. The molecule has 0 aliphatic heterocycles. The number of nitrogens with zero attached hydrogens (tertiary/aromatic N) is 2. The van der Waals surface area contributed by atoms with Crippen molar-refractivity contribution >= 4 is 0 Å². The SMILES string of the molecule is CCNC(c1ccnn1CC)C1CCCC1. The molecule has 1 aromatic heterocycles. The number of nitrogens with one attached hydrogen (secondary N) is 1. The summed E-state index contributed by atoms with van der Waals surface area (Å²) in [6.45, 7) is 6.36. The summed E-state index contributed by atoms with van der Waals surface area (Å²) in [5.74, 6) is 0.807. The number of aromatic nitrogens is 2. The largest absolute Gasteiger partial charge is 0.309 e. The van der Waals surface area contributed by atoms with Crippen molar-refractivity contribution in [3.8, 4) is 0 Å². The Morgan fingerprint density at radius 1 is 1.44 bits per heavy atom. The zero-order valence-corrected chi connectivity index (χ0v) is 10.4. The number of rotatable bonds is 5. The van der Waals surface area contributed by atoms with Gasteiger partial charge in [-0.25, -0.2) is 0 Å². The molecule has 16 heavy (non-hydrogen) atoms. The maximum Gasteiger partial charge on any atom is 0.0556 e. The van der Waals surface area contributed by atoms with E-state index < -0.39 is 0 Å². The van der Waals surface area contributed by atoms with Crippen LogP contribution in [0, 0.1) is 5.92 Å². The van der Waals surface area contributed by atoms with Crippen molar-refractivity contribution in [1.29, 1.82) is 0 Å². The molecular formula is C13H23N3. The molecule has 1 saturated carbocycles. The number of hydrogen-bond acceptors (Lipinski definition) is 2. The monoisotopic (exact) mass is 221 g/mol. The Bertz CT molecular complexity index is 313. The Kier molecular flexibility index (Phi) is 3.99. The van der Waals surface area contributed by atoms with Crippen LogP contribution in [0.3, 0.4) is 0 Å². The molecule has 2 rings (SSSR count). The van der Waals surface area contributed by atoms with Crippen LogP contribution < -0.4 is 5.32 Å². The second-order valence-corrected chi connectivity index (χ2v) is 4.65. The molecule has 0 saturated heterocycles. The van der Waals surface area contributed by atoms with Crippen LogP contribution in [0.4, 0.5) is 0 Å². The lowest BCUT2D eigenvalue weighted by molar-refractivity contribution is 0.352. The maximum atomic E-state index is 4.39. The van der Waals surface area contributed by atoms with Gasteiger partial charge in [0.1, 0.15) is 0 Å². The van der Waals surface area contributed by atoms with Crippen LogP contribution in [0.2, 0.25) is 0 Å². The Hall–Kier alpha value is -0.830. The predicted octanol–water partition coefficient (Wildman–Crippen LogP) is 2.74. The van der Waals surface area contributed by atoms with Gasteiger partial charge in [0, 0.05) is 12.7 Å². The maximum absolute atomic E-state index is 4.39. The second-order valence-electron chi connectivity index (χ2n) is 4.65. The van der Waals surface area contributed by atoms with Gasteiger partial charge in [0.25, 0.3) is 0 Å². The molecule has 1 heterocycles. The zero-order chi connectivity index (χ0) is 11.4. The van der Waals surface area contributed by atoms with Gasteiger partial charge in [-0.05, 0) is 38.3 Å². The molecule has 0 aromatic carbocycles. The minimum Gasteiger partial charge on any atom is -0.309 e. The highest BCUT2D eigenvalue weighted by molar-refractivity contribution is 5.09. The molecule has 1 atom stereocenters. The first-order valence-electron chi connectivity index (χ1n) is 6.61. The molecule has 1 aliphatic rings. The summed E-state index contributed by atoms with van der Waals surface area (Å²) in [7, 11) is 0. The first-order chi connectivity index (χ1) is 7.86. The number of hydrogen-bond donors (Lipinski definition) is 1. The smallest absolute Gasteiger partial charge is 0.0556 e. The Labute approximate surface area is 98.2 Å². The van der Waals surface area contributed by atoms with E-state index in [-0.39, 0.29) is 0 Å². The van der Waals surface area contributed by atoms with Crippen molar-refractivity contribution in [1.82, 2.24) is 15.1 Å². The highest BCUT2D eigenvalue weighted by atomic mass is 15.3. The van der Waals surface area contributed by atoms with Gasteiger partial charge in [-0.1, -0.05) is 19.8 Å². The number of aryl methyl sites for hydroxylation is 1. The van der Waals surface area contributed by atoms with E-state index in [4.69, 9.17) is 0 Å². The fourth-order valence-corrected chi connectivity index (χ4v) is 2.89. The molecule has 1 unspecified atom stereocenters. The Morgan fingerprint density at radius 2 is 2.19 bits per heavy atom. The van der Waals surface area contributed by atoms with E-state index in [2.05, 4.69) is 35.0 Å². The molecule has 3 nitrogen and oxygen atoms in total. The van der Waals surface area contributed by atoms with Crippen molar-refractivity contribution in [2.24, 2.45) is 5.92 Å². The van der Waals surface area contributed by atoms with Crippen LogP contribution >= 0.6 is 0 Å². The molecule has 1 N–H and O–H groups in total. The average Bonchev–Trinajstić information content (AvgIpc) is 2.96. The summed E-state index contributed by atoms with van der Waals surface area (Å²) >= 11 is 0. The van der Waals surface area contributed by atoms with E-state index in [0.29, 0.717) is 6.04 Å². The van der Waals surface area contributed by atoms with E-state index in [1.165, 1.54) is 31.4 Å². The second kappa shape index (κ2) is 5.48. The quantitative estimate of drug-likeness (QED) is 0.828. The summed E-state index contributed by atoms with van der Waals surface area (Å²) in [6.07, 6.45) is 7.46. The molecule has 0 bridgehead atoms. The average molecular weight is 221 g/mol. The summed E-state index contributed by atoms with van der Waals surface area (Å²) in [4.78, 5) is 0. The molecule has 0 radical (unpaired) electrons. The summed E-state index contributed by atoms with van der Waals surface area (Å²) in [6, 6.07) is 2.68. The van der Waals surface area contributed by atoms with Gasteiger partial charge < -0.3 is 5.32 Å². The molecular weight excluding hydrogens is 198 g/mol.